The van der Waals surface area contributed by atoms with Gasteiger partial charge in [0.15, 0.2) is 0 Å². The summed E-state index contributed by atoms with van der Waals surface area (Å²) in [7, 11) is 0. The van der Waals surface area contributed by atoms with Gasteiger partial charge in [-0.05, 0) is 96.9 Å². The van der Waals surface area contributed by atoms with E-state index in [4.69, 9.17) is 4.98 Å². The highest BCUT2D eigenvalue weighted by atomic mass is 14.7. The molecular formula is C41H28N2. The first-order valence-electron chi connectivity index (χ1n) is 14.6. The average Bonchev–Trinajstić information content (AvgIpc) is 3.07. The molecule has 0 radical (unpaired) electrons. The number of benzene rings is 6. The normalized spacial score (nSPS) is 11.4. The number of aryl methyl sites for hydroxylation is 1. The number of hydrogen-bond donors (Lipinski definition) is 0. The van der Waals surface area contributed by atoms with Crippen LogP contribution >= 0.6 is 0 Å². The summed E-state index contributed by atoms with van der Waals surface area (Å²) < 4.78 is 0. The second-order valence-corrected chi connectivity index (χ2v) is 11.1. The van der Waals surface area contributed by atoms with Crippen LogP contribution in [-0.4, -0.2) is 9.97 Å². The number of rotatable bonds is 4. The van der Waals surface area contributed by atoms with Crippen molar-refractivity contribution in [3.05, 3.63) is 158 Å². The Morgan fingerprint density at radius 1 is 0.442 bits per heavy atom. The lowest BCUT2D eigenvalue weighted by atomic mass is 9.85. The minimum absolute atomic E-state index is 0.937. The first-order chi connectivity index (χ1) is 21.2. The fourth-order valence-corrected chi connectivity index (χ4v) is 6.41. The van der Waals surface area contributed by atoms with Crippen LogP contribution in [0.1, 0.15) is 5.56 Å². The molecule has 0 unspecified atom stereocenters. The number of fused-ring (bicyclic) bond motifs is 3. The van der Waals surface area contributed by atoms with E-state index in [1.54, 1.807) is 0 Å². The molecule has 8 aromatic rings. The highest BCUT2D eigenvalue weighted by molar-refractivity contribution is 6.21. The quantitative estimate of drug-likeness (QED) is 0.204. The second-order valence-electron chi connectivity index (χ2n) is 11.1. The molecule has 2 aromatic heterocycles. The van der Waals surface area contributed by atoms with Crippen LogP contribution in [0.3, 0.4) is 0 Å². The van der Waals surface area contributed by atoms with E-state index in [9.17, 15) is 0 Å². The van der Waals surface area contributed by atoms with Crippen LogP contribution in [0.15, 0.2) is 152 Å². The van der Waals surface area contributed by atoms with Crippen LogP contribution in [-0.2, 0) is 0 Å². The monoisotopic (exact) mass is 548 g/mol. The third kappa shape index (κ3) is 4.36. The van der Waals surface area contributed by atoms with Crippen LogP contribution in [0, 0.1) is 6.92 Å². The molecule has 2 heteroatoms. The summed E-state index contributed by atoms with van der Waals surface area (Å²) in [4.78, 5) is 9.11. The van der Waals surface area contributed by atoms with Crippen molar-refractivity contribution in [1.82, 2.24) is 9.97 Å². The van der Waals surface area contributed by atoms with Gasteiger partial charge in [-0.2, -0.15) is 0 Å². The van der Waals surface area contributed by atoms with E-state index in [1.165, 1.54) is 60.1 Å². The summed E-state index contributed by atoms with van der Waals surface area (Å²) in [5.41, 5.74) is 10.4. The van der Waals surface area contributed by atoms with Crippen LogP contribution in [0.5, 0.6) is 0 Å². The van der Waals surface area contributed by atoms with Crippen molar-refractivity contribution >= 4 is 32.3 Å². The fourth-order valence-electron chi connectivity index (χ4n) is 6.41. The zero-order valence-electron chi connectivity index (χ0n) is 23.8. The van der Waals surface area contributed by atoms with E-state index in [2.05, 4.69) is 139 Å². The molecule has 0 amide bonds. The Morgan fingerprint density at radius 2 is 1.05 bits per heavy atom. The second kappa shape index (κ2) is 10.3. The summed E-state index contributed by atoms with van der Waals surface area (Å²) in [6, 6.07) is 48.2. The molecule has 2 nitrogen and oxygen atoms in total. The molecule has 0 saturated carbocycles. The van der Waals surface area contributed by atoms with E-state index in [0.717, 1.165) is 22.4 Å². The standard InChI is InChI=1S/C41H28N2/c1-27-21-22-42-26-38(27)39-20-19-33(25-43-39)30-11-8-12-31(24-30)40-34-13-4-6-15-36(34)41(37-16-7-5-14-35(37)40)32-18-17-28-9-2-3-10-29(28)23-32/h2-26H,1H3. The van der Waals surface area contributed by atoms with Gasteiger partial charge in [0.05, 0.1) is 5.69 Å². The van der Waals surface area contributed by atoms with Crippen molar-refractivity contribution in [3.8, 4) is 44.6 Å². The van der Waals surface area contributed by atoms with E-state index in [-0.39, 0.29) is 0 Å². The Bertz CT molecular complexity index is 2240. The van der Waals surface area contributed by atoms with Gasteiger partial charge in [-0.15, -0.1) is 0 Å². The molecule has 0 N–H and O–H groups in total. The van der Waals surface area contributed by atoms with Crippen molar-refractivity contribution in [2.75, 3.05) is 0 Å². The smallest absolute Gasteiger partial charge is 0.0720 e. The zero-order valence-corrected chi connectivity index (χ0v) is 23.8. The lowest BCUT2D eigenvalue weighted by molar-refractivity contribution is 1.25. The number of nitrogens with zero attached hydrogens (tertiary/aromatic N) is 2. The summed E-state index contributed by atoms with van der Waals surface area (Å²) in [6.07, 6.45) is 5.68. The molecule has 0 saturated heterocycles. The first-order valence-corrected chi connectivity index (χ1v) is 14.6. The Balaban J connectivity index is 1.31. The molecule has 0 aliphatic rings. The SMILES string of the molecule is Cc1ccncc1-c1ccc(-c2cccc(-c3c4ccccc4c(-c4ccc5ccccc5c4)c4ccccc34)c2)cn1. The Hall–Kier alpha value is -5.60. The van der Waals surface area contributed by atoms with Gasteiger partial charge < -0.3 is 0 Å². The van der Waals surface area contributed by atoms with Gasteiger partial charge in [-0.25, -0.2) is 0 Å². The van der Waals surface area contributed by atoms with Gasteiger partial charge >= 0.3 is 0 Å². The van der Waals surface area contributed by atoms with Gasteiger partial charge in [0, 0.05) is 29.7 Å². The Kier molecular flexibility index (Phi) is 6.05. The molecule has 6 aromatic carbocycles. The highest BCUT2D eigenvalue weighted by Crippen LogP contribution is 2.44. The van der Waals surface area contributed by atoms with Crippen LogP contribution in [0.25, 0.3) is 77.0 Å². The molecule has 43 heavy (non-hydrogen) atoms. The molecule has 0 fully saturated rings. The predicted octanol–water partition coefficient (Wildman–Crippen LogP) is 10.9. The summed E-state index contributed by atoms with van der Waals surface area (Å²) >= 11 is 0. The maximum absolute atomic E-state index is 4.82. The third-order valence-corrected chi connectivity index (χ3v) is 8.53. The number of pyridine rings is 2. The molecule has 2 heterocycles. The molecule has 0 atom stereocenters. The molecular weight excluding hydrogens is 520 g/mol. The van der Waals surface area contributed by atoms with Crippen molar-refractivity contribution in [3.63, 3.8) is 0 Å². The Morgan fingerprint density at radius 3 is 1.70 bits per heavy atom. The summed E-state index contributed by atoms with van der Waals surface area (Å²) in [6.45, 7) is 2.09. The lowest BCUT2D eigenvalue weighted by Gasteiger charge is -2.18. The molecule has 0 aliphatic carbocycles. The Labute approximate surface area is 251 Å². The maximum Gasteiger partial charge on any atom is 0.0720 e. The molecule has 0 spiro atoms. The zero-order chi connectivity index (χ0) is 28.8. The van der Waals surface area contributed by atoms with E-state index >= 15 is 0 Å². The topological polar surface area (TPSA) is 25.8 Å². The molecule has 202 valence electrons. The maximum atomic E-state index is 4.82. The summed E-state index contributed by atoms with van der Waals surface area (Å²) in [5.74, 6) is 0. The minimum atomic E-state index is 0.937. The lowest BCUT2D eigenvalue weighted by Crippen LogP contribution is -1.92. The van der Waals surface area contributed by atoms with Crippen molar-refractivity contribution < 1.29 is 0 Å². The van der Waals surface area contributed by atoms with Gasteiger partial charge in [-0.3, -0.25) is 9.97 Å². The van der Waals surface area contributed by atoms with Gasteiger partial charge in [0.25, 0.3) is 0 Å². The van der Waals surface area contributed by atoms with Crippen molar-refractivity contribution in [2.45, 2.75) is 6.92 Å². The fraction of sp³-hybridized carbons (Fsp3) is 0.0244. The third-order valence-electron chi connectivity index (χ3n) is 8.53. The summed E-state index contributed by atoms with van der Waals surface area (Å²) in [5, 5.41) is 7.53. The van der Waals surface area contributed by atoms with Crippen LogP contribution in [0.4, 0.5) is 0 Å². The molecule has 0 aliphatic heterocycles. The van der Waals surface area contributed by atoms with Crippen LogP contribution in [0.2, 0.25) is 0 Å². The van der Waals surface area contributed by atoms with Crippen molar-refractivity contribution in [1.29, 1.82) is 0 Å². The van der Waals surface area contributed by atoms with E-state index < -0.39 is 0 Å². The van der Waals surface area contributed by atoms with E-state index in [1.807, 2.05) is 24.7 Å². The van der Waals surface area contributed by atoms with Crippen molar-refractivity contribution in [2.24, 2.45) is 0 Å². The average molecular weight is 549 g/mol. The minimum Gasteiger partial charge on any atom is -0.264 e. The largest absolute Gasteiger partial charge is 0.264 e. The molecule has 8 rings (SSSR count). The van der Waals surface area contributed by atoms with Gasteiger partial charge in [-0.1, -0.05) is 109 Å². The first kappa shape index (κ1) is 25.1. The molecule has 0 bridgehead atoms. The van der Waals surface area contributed by atoms with Crippen LogP contribution < -0.4 is 0 Å². The van der Waals surface area contributed by atoms with Gasteiger partial charge in [0.1, 0.15) is 0 Å². The number of hydrogen-bond acceptors (Lipinski definition) is 2. The van der Waals surface area contributed by atoms with E-state index in [0.29, 0.717) is 0 Å². The highest BCUT2D eigenvalue weighted by Gasteiger charge is 2.17. The van der Waals surface area contributed by atoms with Gasteiger partial charge in [0.2, 0.25) is 0 Å². The predicted molar refractivity (Wildman–Crippen MR) is 181 cm³/mol. The number of aromatic nitrogens is 2.